The van der Waals surface area contributed by atoms with Crippen molar-refractivity contribution >= 4 is 30.3 Å². The van der Waals surface area contributed by atoms with Gasteiger partial charge in [-0.05, 0) is 31.3 Å². The predicted octanol–water partition coefficient (Wildman–Crippen LogP) is 0.157. The van der Waals surface area contributed by atoms with E-state index in [0.29, 0.717) is 45.2 Å². The standard InChI is InChI=1S/C11H20N2O5S/c1-19-18-7-5-10(15)12-6-3-2-4-9(11(16)17)13-8-14/h8-9H,2-7H2,1H3,(H,12,15)(H,13,14)(H,16,17). The molecule has 8 heteroatoms. The van der Waals surface area contributed by atoms with Crippen LogP contribution in [0.1, 0.15) is 25.7 Å². The molecule has 1 unspecified atom stereocenters. The van der Waals surface area contributed by atoms with Crippen molar-refractivity contribution < 1.29 is 23.7 Å². The molecule has 0 aliphatic rings. The first-order chi connectivity index (χ1) is 9.11. The second-order valence-electron chi connectivity index (χ2n) is 3.76. The fraction of sp³-hybridized carbons (Fsp3) is 0.727. The minimum Gasteiger partial charge on any atom is -0.480 e. The summed E-state index contributed by atoms with van der Waals surface area (Å²) in [6, 6.07) is -0.858. The molecule has 0 fully saturated rings. The van der Waals surface area contributed by atoms with E-state index in [-0.39, 0.29) is 5.91 Å². The van der Waals surface area contributed by atoms with Gasteiger partial charge in [-0.1, -0.05) is 0 Å². The highest BCUT2D eigenvalue weighted by atomic mass is 32.2. The summed E-state index contributed by atoms with van der Waals surface area (Å²) in [6.07, 6.45) is 4.10. The lowest BCUT2D eigenvalue weighted by Crippen LogP contribution is -2.35. The quantitative estimate of drug-likeness (QED) is 0.269. The lowest BCUT2D eigenvalue weighted by atomic mass is 10.1. The van der Waals surface area contributed by atoms with Crippen LogP contribution in [-0.4, -0.2) is 48.8 Å². The number of carbonyl (C=O) groups excluding carboxylic acids is 2. The SMILES string of the molecule is CSOCCC(=O)NCCCCC(NC=O)C(=O)O. The lowest BCUT2D eigenvalue weighted by molar-refractivity contribution is -0.140. The van der Waals surface area contributed by atoms with Crippen molar-refractivity contribution in [2.75, 3.05) is 19.4 Å². The Labute approximate surface area is 116 Å². The highest BCUT2D eigenvalue weighted by molar-refractivity contribution is 7.93. The lowest BCUT2D eigenvalue weighted by Gasteiger charge is -2.10. The molecule has 0 radical (unpaired) electrons. The Morgan fingerprint density at radius 3 is 2.74 bits per heavy atom. The van der Waals surface area contributed by atoms with Crippen molar-refractivity contribution in [2.24, 2.45) is 0 Å². The van der Waals surface area contributed by atoms with Gasteiger partial charge in [-0.2, -0.15) is 0 Å². The van der Waals surface area contributed by atoms with Crippen molar-refractivity contribution in [1.82, 2.24) is 10.6 Å². The van der Waals surface area contributed by atoms with E-state index in [2.05, 4.69) is 10.6 Å². The molecule has 0 aliphatic carbocycles. The van der Waals surface area contributed by atoms with Gasteiger partial charge in [0.05, 0.1) is 13.0 Å². The molecular weight excluding hydrogens is 272 g/mol. The molecule has 1 atom stereocenters. The van der Waals surface area contributed by atoms with Crippen molar-refractivity contribution in [3.8, 4) is 0 Å². The number of unbranched alkanes of at least 4 members (excludes halogenated alkanes) is 1. The molecule has 0 rings (SSSR count). The zero-order valence-corrected chi connectivity index (χ0v) is 11.7. The van der Waals surface area contributed by atoms with E-state index in [9.17, 15) is 14.4 Å². The van der Waals surface area contributed by atoms with Gasteiger partial charge in [-0.15, -0.1) is 0 Å². The van der Waals surface area contributed by atoms with E-state index in [1.165, 1.54) is 12.0 Å². The first-order valence-electron chi connectivity index (χ1n) is 5.96. The Morgan fingerprint density at radius 1 is 1.42 bits per heavy atom. The number of aliphatic carboxylic acids is 1. The number of amides is 2. The van der Waals surface area contributed by atoms with Crippen LogP contribution < -0.4 is 10.6 Å². The van der Waals surface area contributed by atoms with Crippen LogP contribution >= 0.6 is 12.0 Å². The summed E-state index contributed by atoms with van der Waals surface area (Å²) < 4.78 is 4.97. The molecule has 0 spiro atoms. The largest absolute Gasteiger partial charge is 0.480 e. The van der Waals surface area contributed by atoms with Crippen LogP contribution in [-0.2, 0) is 18.6 Å². The zero-order chi connectivity index (χ0) is 14.5. The normalized spacial score (nSPS) is 11.6. The fourth-order valence-corrected chi connectivity index (χ4v) is 1.62. The second kappa shape index (κ2) is 11.8. The number of rotatable bonds is 12. The van der Waals surface area contributed by atoms with E-state index in [1.807, 2.05) is 0 Å². The summed E-state index contributed by atoms with van der Waals surface area (Å²) in [4.78, 5) is 32.2. The van der Waals surface area contributed by atoms with Crippen molar-refractivity contribution in [3.05, 3.63) is 0 Å². The fourth-order valence-electron chi connectivity index (χ4n) is 1.37. The molecule has 2 amide bonds. The van der Waals surface area contributed by atoms with Crippen LogP contribution in [0.2, 0.25) is 0 Å². The zero-order valence-electron chi connectivity index (χ0n) is 10.9. The number of hydrogen-bond acceptors (Lipinski definition) is 5. The molecule has 19 heavy (non-hydrogen) atoms. The number of carboxylic acids is 1. The number of carboxylic acid groups (broad SMARTS) is 1. The summed E-state index contributed by atoms with van der Waals surface area (Å²) in [5.74, 6) is -1.14. The summed E-state index contributed by atoms with van der Waals surface area (Å²) in [6.45, 7) is 0.864. The highest BCUT2D eigenvalue weighted by Crippen LogP contribution is 2.01. The summed E-state index contributed by atoms with van der Waals surface area (Å²) in [5.41, 5.74) is 0. The topological polar surface area (TPSA) is 105 Å². The Balaban J connectivity index is 3.55. The van der Waals surface area contributed by atoms with Crippen molar-refractivity contribution in [2.45, 2.75) is 31.7 Å². The molecule has 110 valence electrons. The number of carbonyl (C=O) groups is 3. The summed E-state index contributed by atoms with van der Waals surface area (Å²) >= 11 is 1.22. The molecule has 0 saturated heterocycles. The van der Waals surface area contributed by atoms with Crippen LogP contribution in [0.25, 0.3) is 0 Å². The Bertz CT molecular complexity index is 288. The van der Waals surface area contributed by atoms with Crippen LogP contribution in [0.15, 0.2) is 0 Å². The third-order valence-electron chi connectivity index (χ3n) is 2.34. The molecule has 7 nitrogen and oxygen atoms in total. The van der Waals surface area contributed by atoms with Gasteiger partial charge < -0.3 is 19.9 Å². The maximum absolute atomic E-state index is 11.3. The Morgan fingerprint density at radius 2 is 2.16 bits per heavy atom. The second-order valence-corrected chi connectivity index (χ2v) is 4.33. The van der Waals surface area contributed by atoms with E-state index in [0.717, 1.165) is 0 Å². The van der Waals surface area contributed by atoms with Gasteiger partial charge >= 0.3 is 5.97 Å². The number of nitrogens with one attached hydrogen (secondary N) is 2. The van der Waals surface area contributed by atoms with Gasteiger partial charge in [0.15, 0.2) is 0 Å². The van der Waals surface area contributed by atoms with Crippen LogP contribution in [0.5, 0.6) is 0 Å². The van der Waals surface area contributed by atoms with Gasteiger partial charge in [0.2, 0.25) is 12.3 Å². The molecule has 0 bridgehead atoms. The Hall–Kier alpha value is -1.28. The number of hydrogen-bond donors (Lipinski definition) is 3. The first-order valence-corrected chi connectivity index (χ1v) is 7.11. The van der Waals surface area contributed by atoms with E-state index >= 15 is 0 Å². The van der Waals surface area contributed by atoms with Gasteiger partial charge in [0.25, 0.3) is 0 Å². The van der Waals surface area contributed by atoms with Crippen LogP contribution in [0.3, 0.4) is 0 Å². The van der Waals surface area contributed by atoms with Gasteiger partial charge in [-0.25, -0.2) is 4.79 Å². The van der Waals surface area contributed by atoms with Gasteiger partial charge in [-0.3, -0.25) is 9.59 Å². The molecule has 0 aromatic heterocycles. The summed E-state index contributed by atoms with van der Waals surface area (Å²) in [5, 5.41) is 13.7. The van der Waals surface area contributed by atoms with Crippen LogP contribution in [0, 0.1) is 0 Å². The molecule has 0 heterocycles. The predicted molar refractivity (Wildman–Crippen MR) is 71.6 cm³/mol. The maximum Gasteiger partial charge on any atom is 0.326 e. The molecule has 3 N–H and O–H groups in total. The smallest absolute Gasteiger partial charge is 0.326 e. The minimum atomic E-state index is -1.05. The average Bonchev–Trinajstić information content (AvgIpc) is 2.37. The van der Waals surface area contributed by atoms with E-state index < -0.39 is 12.0 Å². The third kappa shape index (κ3) is 10.3. The third-order valence-corrected chi connectivity index (χ3v) is 2.74. The molecule has 0 aromatic rings. The molecule has 0 aliphatic heterocycles. The molecule has 0 saturated carbocycles. The Kier molecular flexibility index (Phi) is 11.0. The molecule has 0 aromatic carbocycles. The van der Waals surface area contributed by atoms with Crippen molar-refractivity contribution in [1.29, 1.82) is 0 Å². The van der Waals surface area contributed by atoms with Gasteiger partial charge in [0, 0.05) is 12.8 Å². The highest BCUT2D eigenvalue weighted by Gasteiger charge is 2.14. The van der Waals surface area contributed by atoms with E-state index in [4.69, 9.17) is 9.29 Å². The van der Waals surface area contributed by atoms with Crippen LogP contribution in [0.4, 0.5) is 0 Å². The molecular formula is C11H20N2O5S. The average molecular weight is 292 g/mol. The minimum absolute atomic E-state index is 0.0881. The van der Waals surface area contributed by atoms with E-state index in [1.54, 1.807) is 6.26 Å². The first kappa shape index (κ1) is 17.7. The maximum atomic E-state index is 11.3. The van der Waals surface area contributed by atoms with Crippen molar-refractivity contribution in [3.63, 3.8) is 0 Å². The summed E-state index contributed by atoms with van der Waals surface area (Å²) in [7, 11) is 0. The monoisotopic (exact) mass is 292 g/mol. The van der Waals surface area contributed by atoms with Gasteiger partial charge in [0.1, 0.15) is 6.04 Å².